The highest BCUT2D eigenvalue weighted by Gasteiger charge is 2.20. The first kappa shape index (κ1) is 17.5. The van der Waals surface area contributed by atoms with Gasteiger partial charge in [-0.3, -0.25) is 9.36 Å². The minimum absolute atomic E-state index is 0.0283. The van der Waals surface area contributed by atoms with Crippen LogP contribution >= 0.6 is 0 Å². The van der Waals surface area contributed by atoms with E-state index in [2.05, 4.69) is 11.2 Å². The molecule has 4 rings (SSSR count). The van der Waals surface area contributed by atoms with E-state index in [1.807, 2.05) is 43.3 Å². The molecule has 0 atom stereocenters. The Labute approximate surface area is 158 Å². The van der Waals surface area contributed by atoms with Crippen molar-refractivity contribution < 1.29 is 4.79 Å². The summed E-state index contributed by atoms with van der Waals surface area (Å²) < 4.78 is 3.05. The van der Waals surface area contributed by atoms with Crippen molar-refractivity contribution in [3.05, 3.63) is 58.8 Å². The molecule has 2 aromatic carbocycles. The molecular weight excluding hydrogens is 340 g/mol. The van der Waals surface area contributed by atoms with Gasteiger partial charge in [0.1, 0.15) is 12.4 Å². The molecule has 0 radical (unpaired) electrons. The van der Waals surface area contributed by atoms with Gasteiger partial charge in [0, 0.05) is 25.2 Å². The summed E-state index contributed by atoms with van der Waals surface area (Å²) in [6.07, 6.45) is 3.96. The standard InChI is InChI=1S/C21H24N4O2/c1-2-23(18-12-11-16-8-5-6-9-17(16)14-18)20(26)15-25-21(27)24-13-7-3-4-10-19(24)22-25/h5-6,8-9,11-12,14H,2-4,7,10,13,15H2,1H3. The van der Waals surface area contributed by atoms with Crippen LogP contribution in [-0.2, 0) is 24.3 Å². The smallest absolute Gasteiger partial charge is 0.311 e. The Bertz CT molecular complexity index is 1030. The summed E-state index contributed by atoms with van der Waals surface area (Å²) in [6.45, 7) is 3.15. The van der Waals surface area contributed by atoms with E-state index in [0.717, 1.165) is 48.0 Å². The van der Waals surface area contributed by atoms with E-state index >= 15 is 0 Å². The zero-order chi connectivity index (χ0) is 18.8. The first-order valence-corrected chi connectivity index (χ1v) is 9.63. The average Bonchev–Trinajstić information content (AvgIpc) is 2.85. The number of amides is 1. The molecular formula is C21H24N4O2. The molecule has 1 amide bonds. The van der Waals surface area contributed by atoms with Crippen molar-refractivity contribution in [3.63, 3.8) is 0 Å². The van der Waals surface area contributed by atoms with Crippen molar-refractivity contribution in [2.24, 2.45) is 0 Å². The number of carbonyl (C=O) groups is 1. The van der Waals surface area contributed by atoms with Crippen molar-refractivity contribution in [1.82, 2.24) is 14.3 Å². The summed E-state index contributed by atoms with van der Waals surface area (Å²) in [7, 11) is 0. The van der Waals surface area contributed by atoms with Gasteiger partial charge < -0.3 is 4.90 Å². The maximum atomic E-state index is 12.9. The summed E-state index contributed by atoms with van der Waals surface area (Å²) in [5.74, 6) is 0.683. The van der Waals surface area contributed by atoms with Crippen LogP contribution in [0.1, 0.15) is 32.0 Å². The van der Waals surface area contributed by atoms with Crippen molar-refractivity contribution >= 4 is 22.4 Å². The lowest BCUT2D eigenvalue weighted by atomic mass is 10.1. The first-order chi connectivity index (χ1) is 13.2. The average molecular weight is 364 g/mol. The summed E-state index contributed by atoms with van der Waals surface area (Å²) in [5.41, 5.74) is 0.671. The van der Waals surface area contributed by atoms with Crippen LogP contribution in [0.2, 0.25) is 0 Å². The van der Waals surface area contributed by atoms with E-state index in [1.54, 1.807) is 9.47 Å². The monoisotopic (exact) mass is 364 g/mol. The predicted molar refractivity (Wildman–Crippen MR) is 106 cm³/mol. The van der Waals surface area contributed by atoms with Crippen molar-refractivity contribution in [2.75, 3.05) is 11.4 Å². The molecule has 0 saturated carbocycles. The van der Waals surface area contributed by atoms with Crippen LogP contribution in [0.4, 0.5) is 5.69 Å². The van der Waals surface area contributed by atoms with E-state index < -0.39 is 0 Å². The molecule has 1 aliphatic rings. The van der Waals surface area contributed by atoms with Gasteiger partial charge in [-0.1, -0.05) is 36.8 Å². The Kier molecular flexibility index (Phi) is 4.79. The lowest BCUT2D eigenvalue weighted by Gasteiger charge is -2.21. The van der Waals surface area contributed by atoms with Gasteiger partial charge in [-0.05, 0) is 42.7 Å². The summed E-state index contributed by atoms with van der Waals surface area (Å²) in [4.78, 5) is 27.3. The van der Waals surface area contributed by atoms with Crippen LogP contribution < -0.4 is 10.6 Å². The van der Waals surface area contributed by atoms with E-state index in [0.29, 0.717) is 13.1 Å². The molecule has 0 aliphatic carbocycles. The lowest BCUT2D eigenvalue weighted by molar-refractivity contribution is -0.119. The molecule has 0 N–H and O–H groups in total. The van der Waals surface area contributed by atoms with Gasteiger partial charge in [-0.25, -0.2) is 9.48 Å². The highest BCUT2D eigenvalue weighted by molar-refractivity contribution is 5.96. The maximum Gasteiger partial charge on any atom is 0.346 e. The highest BCUT2D eigenvalue weighted by atomic mass is 16.2. The lowest BCUT2D eigenvalue weighted by Crippen LogP contribution is -2.37. The third kappa shape index (κ3) is 3.39. The molecule has 0 fully saturated rings. The van der Waals surface area contributed by atoms with Gasteiger partial charge in [-0.2, -0.15) is 5.10 Å². The fraction of sp³-hybridized carbons (Fsp3) is 0.381. The second kappa shape index (κ2) is 7.39. The molecule has 0 spiro atoms. The quantitative estimate of drug-likeness (QED) is 0.715. The fourth-order valence-corrected chi connectivity index (χ4v) is 3.79. The van der Waals surface area contributed by atoms with E-state index in [-0.39, 0.29) is 18.1 Å². The number of anilines is 1. The van der Waals surface area contributed by atoms with E-state index in [1.165, 1.54) is 4.68 Å². The number of hydrogen-bond acceptors (Lipinski definition) is 3. The number of rotatable bonds is 4. The summed E-state index contributed by atoms with van der Waals surface area (Å²) in [5, 5.41) is 6.66. The second-order valence-electron chi connectivity index (χ2n) is 6.99. The van der Waals surface area contributed by atoms with Gasteiger partial charge in [0.2, 0.25) is 5.91 Å². The van der Waals surface area contributed by atoms with Crippen LogP contribution in [0.3, 0.4) is 0 Å². The first-order valence-electron chi connectivity index (χ1n) is 9.63. The number of fused-ring (bicyclic) bond motifs is 2. The molecule has 0 unspecified atom stereocenters. The molecule has 3 aromatic rings. The Morgan fingerprint density at radius 1 is 1.11 bits per heavy atom. The Morgan fingerprint density at radius 3 is 2.74 bits per heavy atom. The van der Waals surface area contributed by atoms with Gasteiger partial charge in [0.05, 0.1) is 0 Å². The van der Waals surface area contributed by atoms with Crippen LogP contribution in [0.5, 0.6) is 0 Å². The maximum absolute atomic E-state index is 12.9. The zero-order valence-electron chi connectivity index (χ0n) is 15.6. The normalized spacial score (nSPS) is 14.0. The topological polar surface area (TPSA) is 60.1 Å². The SMILES string of the molecule is CCN(C(=O)Cn1nc2n(c1=O)CCCCC2)c1ccc2ccccc2c1. The largest absolute Gasteiger partial charge is 0.346 e. The fourth-order valence-electron chi connectivity index (χ4n) is 3.79. The molecule has 0 bridgehead atoms. The van der Waals surface area contributed by atoms with Crippen LogP contribution in [0.25, 0.3) is 10.8 Å². The van der Waals surface area contributed by atoms with Gasteiger partial charge >= 0.3 is 5.69 Å². The molecule has 2 heterocycles. The number of carbonyl (C=O) groups excluding carboxylic acids is 1. The predicted octanol–water partition coefficient (Wildman–Crippen LogP) is 2.98. The molecule has 1 aliphatic heterocycles. The Morgan fingerprint density at radius 2 is 1.93 bits per heavy atom. The molecule has 140 valence electrons. The van der Waals surface area contributed by atoms with Crippen molar-refractivity contribution in [1.29, 1.82) is 0 Å². The van der Waals surface area contributed by atoms with Gasteiger partial charge in [0.25, 0.3) is 0 Å². The third-order valence-corrected chi connectivity index (χ3v) is 5.23. The summed E-state index contributed by atoms with van der Waals surface area (Å²) in [6, 6.07) is 14.1. The Hall–Kier alpha value is -2.89. The molecule has 6 nitrogen and oxygen atoms in total. The number of hydrogen-bond donors (Lipinski definition) is 0. The number of nitrogens with zero attached hydrogens (tertiary/aromatic N) is 4. The van der Waals surface area contributed by atoms with Crippen LogP contribution in [-0.4, -0.2) is 26.8 Å². The number of benzene rings is 2. The third-order valence-electron chi connectivity index (χ3n) is 5.23. The summed E-state index contributed by atoms with van der Waals surface area (Å²) >= 11 is 0. The van der Waals surface area contributed by atoms with Crippen molar-refractivity contribution in [3.8, 4) is 0 Å². The molecule has 1 aromatic heterocycles. The zero-order valence-corrected chi connectivity index (χ0v) is 15.6. The minimum Gasteiger partial charge on any atom is -0.311 e. The van der Waals surface area contributed by atoms with Gasteiger partial charge in [-0.15, -0.1) is 0 Å². The van der Waals surface area contributed by atoms with Gasteiger partial charge in [0.15, 0.2) is 0 Å². The highest BCUT2D eigenvalue weighted by Crippen LogP contribution is 2.22. The number of aromatic nitrogens is 3. The molecule has 0 saturated heterocycles. The van der Waals surface area contributed by atoms with Crippen molar-refractivity contribution in [2.45, 2.75) is 45.7 Å². The molecule has 27 heavy (non-hydrogen) atoms. The van der Waals surface area contributed by atoms with Crippen LogP contribution in [0, 0.1) is 0 Å². The number of likely N-dealkylation sites (N-methyl/N-ethyl adjacent to an activating group) is 1. The second-order valence-corrected chi connectivity index (χ2v) is 6.99. The minimum atomic E-state index is -0.171. The Balaban J connectivity index is 1.60. The van der Waals surface area contributed by atoms with Crippen LogP contribution in [0.15, 0.2) is 47.3 Å². The van der Waals surface area contributed by atoms with E-state index in [4.69, 9.17) is 0 Å². The molecule has 6 heteroatoms. The number of aryl methyl sites for hydroxylation is 1. The van der Waals surface area contributed by atoms with E-state index in [9.17, 15) is 9.59 Å².